The summed E-state index contributed by atoms with van der Waals surface area (Å²) in [7, 11) is 0. The molecule has 0 spiro atoms. The monoisotopic (exact) mass is 873 g/mol. The van der Waals surface area contributed by atoms with E-state index in [-0.39, 0.29) is 31.1 Å². The minimum absolute atomic E-state index is 0.0705. The number of ether oxygens (including phenoxy) is 3. The van der Waals surface area contributed by atoms with Crippen LogP contribution in [-0.2, 0) is 28.6 Å². The highest BCUT2D eigenvalue weighted by molar-refractivity contribution is 5.71. The van der Waals surface area contributed by atoms with Crippen LogP contribution in [0.1, 0.15) is 297 Å². The van der Waals surface area contributed by atoms with E-state index in [1.54, 1.807) is 0 Å². The Hall–Kier alpha value is -2.11. The molecule has 0 aromatic heterocycles. The van der Waals surface area contributed by atoms with Gasteiger partial charge in [0.1, 0.15) is 13.2 Å². The van der Waals surface area contributed by atoms with Crippen molar-refractivity contribution in [1.82, 2.24) is 0 Å². The molecule has 0 radical (unpaired) electrons. The largest absolute Gasteiger partial charge is 0.462 e. The van der Waals surface area contributed by atoms with Gasteiger partial charge in [0.15, 0.2) is 6.10 Å². The lowest BCUT2D eigenvalue weighted by Crippen LogP contribution is -2.30. The second-order valence-electron chi connectivity index (χ2n) is 18.5. The Morgan fingerprint density at radius 2 is 0.629 bits per heavy atom. The quantitative estimate of drug-likeness (QED) is 0.0262. The fourth-order valence-corrected chi connectivity index (χ4v) is 8.13. The Bertz CT molecular complexity index is 1000. The van der Waals surface area contributed by atoms with E-state index in [9.17, 15) is 14.4 Å². The van der Waals surface area contributed by atoms with Crippen LogP contribution in [0.3, 0.4) is 0 Å². The summed E-state index contributed by atoms with van der Waals surface area (Å²) in [6.45, 7) is 6.56. The average Bonchev–Trinajstić information content (AvgIpc) is 3.27. The van der Waals surface area contributed by atoms with E-state index in [2.05, 4.69) is 45.1 Å². The van der Waals surface area contributed by atoms with E-state index >= 15 is 0 Å². The van der Waals surface area contributed by atoms with Crippen molar-refractivity contribution in [2.45, 2.75) is 303 Å². The number of carbonyl (C=O) groups excluding carboxylic acids is 3. The summed E-state index contributed by atoms with van der Waals surface area (Å²) >= 11 is 0. The van der Waals surface area contributed by atoms with Crippen LogP contribution in [0.15, 0.2) is 24.3 Å². The SMILES string of the molecule is CC/C=C\C/C=C\CCCCCCCC(=O)OCC(COC(=O)CCCCCCCCCCCCCCCCCCCCC)OC(=O)CCCCCCCCCCCCCCC. The van der Waals surface area contributed by atoms with Gasteiger partial charge in [-0.1, -0.05) is 257 Å². The first kappa shape index (κ1) is 59.9. The molecule has 0 amide bonds. The van der Waals surface area contributed by atoms with Crippen molar-refractivity contribution in [2.75, 3.05) is 13.2 Å². The van der Waals surface area contributed by atoms with Crippen molar-refractivity contribution < 1.29 is 28.6 Å². The number of hydrogen-bond acceptors (Lipinski definition) is 6. The Morgan fingerprint density at radius 1 is 0.339 bits per heavy atom. The first-order valence-corrected chi connectivity index (χ1v) is 27.3. The van der Waals surface area contributed by atoms with Gasteiger partial charge in [0, 0.05) is 19.3 Å². The van der Waals surface area contributed by atoms with Gasteiger partial charge in [0.05, 0.1) is 0 Å². The normalized spacial score (nSPS) is 12.1. The highest BCUT2D eigenvalue weighted by Gasteiger charge is 2.19. The second kappa shape index (κ2) is 51.5. The van der Waals surface area contributed by atoms with E-state index in [1.807, 2.05) is 0 Å². The van der Waals surface area contributed by atoms with Crippen molar-refractivity contribution in [1.29, 1.82) is 0 Å². The molecule has 0 aliphatic rings. The van der Waals surface area contributed by atoms with Crippen molar-refractivity contribution >= 4 is 17.9 Å². The molecule has 0 saturated heterocycles. The lowest BCUT2D eigenvalue weighted by Gasteiger charge is -2.18. The Kier molecular flexibility index (Phi) is 49.8. The lowest BCUT2D eigenvalue weighted by molar-refractivity contribution is -0.167. The molecule has 1 unspecified atom stereocenters. The molecule has 0 fully saturated rings. The predicted molar refractivity (Wildman–Crippen MR) is 266 cm³/mol. The average molecular weight is 873 g/mol. The number of allylic oxidation sites excluding steroid dienone is 4. The first-order valence-electron chi connectivity index (χ1n) is 27.3. The highest BCUT2D eigenvalue weighted by atomic mass is 16.6. The molecule has 0 aliphatic heterocycles. The number of carbonyl (C=O) groups is 3. The molecular formula is C56H104O6. The number of hydrogen-bond donors (Lipinski definition) is 0. The van der Waals surface area contributed by atoms with E-state index in [0.29, 0.717) is 19.3 Å². The molecule has 0 aliphatic carbocycles. The smallest absolute Gasteiger partial charge is 0.306 e. The van der Waals surface area contributed by atoms with Crippen molar-refractivity contribution in [2.24, 2.45) is 0 Å². The third kappa shape index (κ3) is 48.9. The van der Waals surface area contributed by atoms with Gasteiger partial charge >= 0.3 is 17.9 Å². The minimum atomic E-state index is -0.770. The Balaban J connectivity index is 4.27. The maximum atomic E-state index is 12.8. The molecule has 62 heavy (non-hydrogen) atoms. The van der Waals surface area contributed by atoms with Crippen LogP contribution in [0.2, 0.25) is 0 Å². The third-order valence-electron chi connectivity index (χ3n) is 12.2. The molecule has 364 valence electrons. The van der Waals surface area contributed by atoms with Crippen LogP contribution in [0.25, 0.3) is 0 Å². The van der Waals surface area contributed by atoms with Crippen LogP contribution in [-0.4, -0.2) is 37.2 Å². The molecule has 0 bridgehead atoms. The zero-order valence-electron chi connectivity index (χ0n) is 41.7. The van der Waals surface area contributed by atoms with Gasteiger partial charge in [0.25, 0.3) is 0 Å². The van der Waals surface area contributed by atoms with Crippen LogP contribution in [0.5, 0.6) is 0 Å². The van der Waals surface area contributed by atoms with Gasteiger partial charge < -0.3 is 14.2 Å². The predicted octanol–water partition coefficient (Wildman–Crippen LogP) is 17.9. The topological polar surface area (TPSA) is 78.9 Å². The highest BCUT2D eigenvalue weighted by Crippen LogP contribution is 2.17. The minimum Gasteiger partial charge on any atom is -0.462 e. The maximum absolute atomic E-state index is 12.8. The fraction of sp³-hybridized carbons (Fsp3) is 0.875. The number of unbranched alkanes of at least 4 members (excludes halogenated alkanes) is 35. The fourth-order valence-electron chi connectivity index (χ4n) is 8.13. The molecule has 0 rings (SSSR count). The maximum Gasteiger partial charge on any atom is 0.306 e. The first-order chi connectivity index (χ1) is 30.5. The molecule has 0 N–H and O–H groups in total. The molecule has 6 nitrogen and oxygen atoms in total. The summed E-state index contributed by atoms with van der Waals surface area (Å²) in [5, 5.41) is 0. The van der Waals surface area contributed by atoms with Crippen molar-refractivity contribution in [3.05, 3.63) is 24.3 Å². The van der Waals surface area contributed by atoms with Gasteiger partial charge in [-0.25, -0.2) is 0 Å². The molecule has 0 aromatic carbocycles. The summed E-state index contributed by atoms with van der Waals surface area (Å²) in [6, 6.07) is 0. The van der Waals surface area contributed by atoms with Gasteiger partial charge in [-0.2, -0.15) is 0 Å². The second-order valence-corrected chi connectivity index (χ2v) is 18.5. The molecule has 0 saturated carbocycles. The van der Waals surface area contributed by atoms with Gasteiger partial charge in [-0.3, -0.25) is 14.4 Å². The van der Waals surface area contributed by atoms with Gasteiger partial charge in [-0.05, 0) is 44.9 Å². The summed E-state index contributed by atoms with van der Waals surface area (Å²) in [5.41, 5.74) is 0. The van der Waals surface area contributed by atoms with Gasteiger partial charge in [0.2, 0.25) is 0 Å². The molecule has 6 heteroatoms. The molecule has 0 heterocycles. The zero-order valence-corrected chi connectivity index (χ0v) is 41.7. The van der Waals surface area contributed by atoms with E-state index < -0.39 is 6.10 Å². The van der Waals surface area contributed by atoms with Crippen LogP contribution >= 0.6 is 0 Å². The lowest BCUT2D eigenvalue weighted by atomic mass is 10.0. The third-order valence-corrected chi connectivity index (χ3v) is 12.2. The molecular weight excluding hydrogens is 769 g/mol. The number of esters is 3. The molecule has 1 atom stereocenters. The Morgan fingerprint density at radius 3 is 0.968 bits per heavy atom. The summed E-state index contributed by atoms with van der Waals surface area (Å²) in [5.74, 6) is -0.869. The zero-order chi connectivity index (χ0) is 45.1. The number of rotatable bonds is 50. The van der Waals surface area contributed by atoms with Crippen molar-refractivity contribution in [3.8, 4) is 0 Å². The molecule has 0 aromatic rings. The van der Waals surface area contributed by atoms with Crippen LogP contribution in [0, 0.1) is 0 Å². The van der Waals surface area contributed by atoms with Crippen LogP contribution in [0.4, 0.5) is 0 Å². The standard InChI is InChI=1S/C56H104O6/c1-4-7-10-13-16-19-22-25-26-27-28-29-30-32-34-37-40-43-46-49-55(58)61-52-53(51-60-54(57)48-45-42-39-36-33-24-21-18-15-12-9-6-3)62-56(59)50-47-44-41-38-35-31-23-20-17-14-11-8-5-2/h9,12,18,21,53H,4-8,10-11,13-17,19-20,22-52H2,1-3H3/b12-9-,21-18-. The van der Waals surface area contributed by atoms with E-state index in [1.165, 1.54) is 173 Å². The van der Waals surface area contributed by atoms with E-state index in [0.717, 1.165) is 83.5 Å². The summed E-state index contributed by atoms with van der Waals surface area (Å²) in [4.78, 5) is 38.0. The van der Waals surface area contributed by atoms with Crippen molar-refractivity contribution in [3.63, 3.8) is 0 Å². The van der Waals surface area contributed by atoms with Gasteiger partial charge in [-0.15, -0.1) is 0 Å². The van der Waals surface area contributed by atoms with Crippen LogP contribution < -0.4 is 0 Å². The summed E-state index contributed by atoms with van der Waals surface area (Å²) < 4.78 is 16.8. The Labute approximate surface area is 385 Å². The summed E-state index contributed by atoms with van der Waals surface area (Å²) in [6.07, 6.45) is 58.8. The van der Waals surface area contributed by atoms with E-state index in [4.69, 9.17) is 14.2 Å².